The van der Waals surface area contributed by atoms with Crippen LogP contribution in [0.5, 0.6) is 0 Å². The molecule has 4 heteroatoms. The van der Waals surface area contributed by atoms with E-state index < -0.39 is 0 Å². The van der Waals surface area contributed by atoms with E-state index in [0.29, 0.717) is 0 Å². The monoisotopic (exact) mass is 252 g/mol. The molecule has 2 nitrogen and oxygen atoms in total. The molecule has 0 unspecified atom stereocenters. The van der Waals surface area contributed by atoms with Crippen molar-refractivity contribution >= 4 is 22.9 Å². The number of benzene rings is 1. The van der Waals surface area contributed by atoms with Crippen LogP contribution in [0, 0.1) is 0 Å². The molecule has 0 fully saturated rings. The quantitative estimate of drug-likeness (QED) is 0.829. The first-order valence-corrected chi connectivity index (χ1v) is 6.37. The average molecular weight is 253 g/mol. The zero-order valence-corrected chi connectivity index (χ0v) is 10.6. The minimum atomic E-state index is 0.827. The fraction of sp³-hybridized carbons (Fsp3) is 0.250. The van der Waals surface area contributed by atoms with Crippen LogP contribution >= 0.6 is 22.9 Å². The van der Waals surface area contributed by atoms with Gasteiger partial charge >= 0.3 is 0 Å². The van der Waals surface area contributed by atoms with Gasteiger partial charge in [-0.05, 0) is 18.7 Å². The Labute approximate surface area is 105 Å². The molecule has 84 valence electrons. The summed E-state index contributed by atoms with van der Waals surface area (Å²) in [5, 5.41) is 2.90. The Balaban J connectivity index is 1.97. The van der Waals surface area contributed by atoms with E-state index in [1.807, 2.05) is 23.7 Å². The molecular weight excluding hydrogens is 240 g/mol. The molecule has 0 N–H and O–H groups in total. The van der Waals surface area contributed by atoms with Crippen LogP contribution < -0.4 is 0 Å². The van der Waals surface area contributed by atoms with Crippen LogP contribution in [-0.2, 0) is 13.1 Å². The zero-order valence-electron chi connectivity index (χ0n) is 9.06. The van der Waals surface area contributed by atoms with Gasteiger partial charge in [-0.15, -0.1) is 11.3 Å². The summed E-state index contributed by atoms with van der Waals surface area (Å²) in [6.07, 6.45) is 0. The predicted molar refractivity (Wildman–Crippen MR) is 68.7 cm³/mol. The first-order valence-electron chi connectivity index (χ1n) is 5.04. The number of nitrogens with zero attached hydrogens (tertiary/aromatic N) is 2. The molecule has 0 aliphatic carbocycles. The summed E-state index contributed by atoms with van der Waals surface area (Å²) in [5.41, 5.74) is 4.13. The van der Waals surface area contributed by atoms with E-state index in [2.05, 4.69) is 28.4 Å². The van der Waals surface area contributed by atoms with Gasteiger partial charge in [0, 0.05) is 23.5 Å². The number of halogens is 1. The van der Waals surface area contributed by atoms with Crippen LogP contribution in [0.2, 0.25) is 5.02 Å². The molecule has 0 aliphatic rings. The van der Waals surface area contributed by atoms with Gasteiger partial charge in [-0.1, -0.05) is 29.8 Å². The molecule has 0 saturated heterocycles. The molecule has 2 aromatic rings. The number of rotatable bonds is 4. The van der Waals surface area contributed by atoms with Crippen LogP contribution in [0.25, 0.3) is 0 Å². The van der Waals surface area contributed by atoms with Gasteiger partial charge in [0.1, 0.15) is 0 Å². The molecule has 0 radical (unpaired) electrons. The zero-order chi connectivity index (χ0) is 11.4. The maximum atomic E-state index is 6.11. The van der Waals surface area contributed by atoms with Crippen LogP contribution in [0.1, 0.15) is 11.3 Å². The molecule has 0 spiro atoms. The number of aromatic nitrogens is 1. The fourth-order valence-corrected chi connectivity index (χ4v) is 2.31. The predicted octanol–water partition coefficient (Wildman–Crippen LogP) is 3.43. The Kier molecular flexibility index (Phi) is 3.93. The van der Waals surface area contributed by atoms with Crippen LogP contribution in [-0.4, -0.2) is 16.9 Å². The first-order chi connectivity index (χ1) is 7.75. The van der Waals surface area contributed by atoms with Crippen molar-refractivity contribution in [2.75, 3.05) is 7.05 Å². The summed E-state index contributed by atoms with van der Waals surface area (Å²) >= 11 is 7.74. The highest BCUT2D eigenvalue weighted by Gasteiger charge is 2.05. The molecule has 0 atom stereocenters. The smallest absolute Gasteiger partial charge is 0.0795 e. The van der Waals surface area contributed by atoms with E-state index in [-0.39, 0.29) is 0 Å². The van der Waals surface area contributed by atoms with E-state index in [1.54, 1.807) is 11.3 Å². The Morgan fingerprint density at radius 1 is 1.31 bits per heavy atom. The maximum Gasteiger partial charge on any atom is 0.0795 e. The first kappa shape index (κ1) is 11.6. The van der Waals surface area contributed by atoms with Gasteiger partial charge in [0.2, 0.25) is 0 Å². The molecule has 0 saturated carbocycles. The fourth-order valence-electron chi connectivity index (χ4n) is 1.57. The van der Waals surface area contributed by atoms with Gasteiger partial charge in [-0.3, -0.25) is 4.90 Å². The third-order valence-corrected chi connectivity index (χ3v) is 3.32. The molecule has 1 heterocycles. The molecule has 1 aromatic heterocycles. The second-order valence-electron chi connectivity index (χ2n) is 3.74. The number of thiazole rings is 1. The largest absolute Gasteiger partial charge is 0.296 e. The lowest BCUT2D eigenvalue weighted by Crippen LogP contribution is -2.17. The summed E-state index contributed by atoms with van der Waals surface area (Å²) in [4.78, 5) is 6.47. The molecule has 0 aliphatic heterocycles. The Hall–Kier alpha value is -0.900. The number of hydrogen-bond acceptors (Lipinski definition) is 3. The summed E-state index contributed by atoms with van der Waals surface area (Å²) in [6, 6.07) is 7.94. The van der Waals surface area contributed by atoms with Gasteiger partial charge in [0.25, 0.3) is 0 Å². The lowest BCUT2D eigenvalue weighted by molar-refractivity contribution is 0.316. The summed E-state index contributed by atoms with van der Waals surface area (Å²) in [6.45, 7) is 1.70. The van der Waals surface area contributed by atoms with Crippen LogP contribution in [0.3, 0.4) is 0 Å². The standard InChI is InChI=1S/C12H13ClN2S/c1-15(7-11-8-16-9-14-11)6-10-4-2-3-5-12(10)13/h2-5,8-9H,6-7H2,1H3. The van der Waals surface area contributed by atoms with Gasteiger partial charge in [0.15, 0.2) is 0 Å². The molecule has 16 heavy (non-hydrogen) atoms. The minimum absolute atomic E-state index is 0.827. The Morgan fingerprint density at radius 2 is 2.12 bits per heavy atom. The second kappa shape index (κ2) is 5.43. The van der Waals surface area contributed by atoms with E-state index in [4.69, 9.17) is 11.6 Å². The Morgan fingerprint density at radius 3 is 2.81 bits per heavy atom. The van der Waals surface area contributed by atoms with Crippen molar-refractivity contribution in [1.29, 1.82) is 0 Å². The van der Waals surface area contributed by atoms with Crippen molar-refractivity contribution in [3.63, 3.8) is 0 Å². The topological polar surface area (TPSA) is 16.1 Å². The Bertz CT molecular complexity index is 442. The summed E-state index contributed by atoms with van der Waals surface area (Å²) in [5.74, 6) is 0. The van der Waals surface area contributed by atoms with E-state index >= 15 is 0 Å². The van der Waals surface area contributed by atoms with Crippen molar-refractivity contribution in [2.45, 2.75) is 13.1 Å². The highest BCUT2D eigenvalue weighted by Crippen LogP contribution is 2.17. The highest BCUT2D eigenvalue weighted by atomic mass is 35.5. The van der Waals surface area contributed by atoms with Crippen LogP contribution in [0.15, 0.2) is 35.2 Å². The maximum absolute atomic E-state index is 6.11. The van der Waals surface area contributed by atoms with E-state index in [1.165, 1.54) is 0 Å². The SMILES string of the molecule is CN(Cc1cscn1)Cc1ccccc1Cl. The molecule has 2 rings (SSSR count). The third kappa shape index (κ3) is 3.04. The van der Waals surface area contributed by atoms with Gasteiger partial charge in [-0.2, -0.15) is 0 Å². The second-order valence-corrected chi connectivity index (χ2v) is 4.87. The third-order valence-electron chi connectivity index (χ3n) is 2.31. The van der Waals surface area contributed by atoms with Crippen molar-refractivity contribution < 1.29 is 0 Å². The molecule has 0 amide bonds. The van der Waals surface area contributed by atoms with Crippen molar-refractivity contribution in [1.82, 2.24) is 9.88 Å². The van der Waals surface area contributed by atoms with Crippen molar-refractivity contribution in [3.8, 4) is 0 Å². The van der Waals surface area contributed by atoms with Crippen molar-refractivity contribution in [3.05, 3.63) is 51.4 Å². The van der Waals surface area contributed by atoms with E-state index in [0.717, 1.165) is 29.4 Å². The normalized spacial score (nSPS) is 10.9. The van der Waals surface area contributed by atoms with Crippen LogP contribution in [0.4, 0.5) is 0 Å². The molecular formula is C12H13ClN2S. The minimum Gasteiger partial charge on any atom is -0.296 e. The number of hydrogen-bond donors (Lipinski definition) is 0. The summed E-state index contributed by atoms with van der Waals surface area (Å²) in [7, 11) is 2.07. The average Bonchev–Trinajstić information content (AvgIpc) is 2.74. The summed E-state index contributed by atoms with van der Waals surface area (Å²) < 4.78 is 0. The highest BCUT2D eigenvalue weighted by molar-refractivity contribution is 7.07. The van der Waals surface area contributed by atoms with Gasteiger partial charge in [-0.25, -0.2) is 4.98 Å². The van der Waals surface area contributed by atoms with Gasteiger partial charge < -0.3 is 0 Å². The van der Waals surface area contributed by atoms with Crippen molar-refractivity contribution in [2.24, 2.45) is 0 Å². The lowest BCUT2D eigenvalue weighted by atomic mass is 10.2. The van der Waals surface area contributed by atoms with Gasteiger partial charge in [0.05, 0.1) is 11.2 Å². The lowest BCUT2D eigenvalue weighted by Gasteiger charge is -2.16. The molecule has 1 aromatic carbocycles. The molecule has 0 bridgehead atoms. The van der Waals surface area contributed by atoms with E-state index in [9.17, 15) is 0 Å².